The molecule has 0 bridgehead atoms. The van der Waals surface area contributed by atoms with E-state index in [2.05, 4.69) is 25.7 Å². The van der Waals surface area contributed by atoms with Gasteiger partial charge in [-0.1, -0.05) is 0 Å². The van der Waals surface area contributed by atoms with Gasteiger partial charge in [0.15, 0.2) is 0 Å². The first-order valence-electron chi connectivity index (χ1n) is 7.35. The third-order valence-corrected chi connectivity index (χ3v) is 4.28. The van der Waals surface area contributed by atoms with Gasteiger partial charge in [0.2, 0.25) is 0 Å². The second-order valence-corrected chi connectivity index (χ2v) is 6.45. The molecule has 1 saturated heterocycles. The molecule has 4 nitrogen and oxygen atoms in total. The van der Waals surface area contributed by atoms with Gasteiger partial charge in [-0.3, -0.25) is 4.79 Å². The predicted octanol–water partition coefficient (Wildman–Crippen LogP) is 2.77. The summed E-state index contributed by atoms with van der Waals surface area (Å²) in [5, 5.41) is 8.77. The number of methoxy groups -OCH3 is 1. The standard InChI is InChI=1S/C15H29NO3/c1-12(10-15(2,3)19-4)16-9-5-6-13(11-16)7-8-14(17)18/h12-13H,5-11H2,1-4H3,(H,17,18). The zero-order valence-electron chi connectivity index (χ0n) is 12.8. The molecule has 0 radical (unpaired) electrons. The Kier molecular flexibility index (Phi) is 6.27. The minimum Gasteiger partial charge on any atom is -0.481 e. The van der Waals surface area contributed by atoms with Crippen molar-refractivity contribution in [3.8, 4) is 0 Å². The molecule has 0 aromatic heterocycles. The lowest BCUT2D eigenvalue weighted by molar-refractivity contribution is -0.137. The van der Waals surface area contributed by atoms with Crippen molar-refractivity contribution in [1.82, 2.24) is 4.90 Å². The van der Waals surface area contributed by atoms with E-state index < -0.39 is 5.97 Å². The molecule has 1 heterocycles. The first kappa shape index (κ1) is 16.4. The Morgan fingerprint density at radius 3 is 2.79 bits per heavy atom. The largest absolute Gasteiger partial charge is 0.481 e. The van der Waals surface area contributed by atoms with Gasteiger partial charge in [0.25, 0.3) is 0 Å². The Morgan fingerprint density at radius 2 is 2.21 bits per heavy atom. The van der Waals surface area contributed by atoms with E-state index in [1.165, 1.54) is 12.8 Å². The molecule has 0 aromatic rings. The average Bonchev–Trinajstić information content (AvgIpc) is 2.36. The average molecular weight is 271 g/mol. The third-order valence-electron chi connectivity index (χ3n) is 4.28. The molecular formula is C15H29NO3. The smallest absolute Gasteiger partial charge is 0.303 e. The monoisotopic (exact) mass is 271 g/mol. The lowest BCUT2D eigenvalue weighted by Crippen LogP contribution is -2.44. The molecule has 1 rings (SSSR count). The number of carboxylic acids is 1. The van der Waals surface area contributed by atoms with Gasteiger partial charge in [0, 0.05) is 26.1 Å². The maximum absolute atomic E-state index is 10.7. The van der Waals surface area contributed by atoms with E-state index in [1.54, 1.807) is 7.11 Å². The minimum atomic E-state index is -0.675. The third kappa shape index (κ3) is 5.91. The van der Waals surface area contributed by atoms with Crippen molar-refractivity contribution >= 4 is 5.97 Å². The van der Waals surface area contributed by atoms with Crippen molar-refractivity contribution < 1.29 is 14.6 Å². The highest BCUT2D eigenvalue weighted by molar-refractivity contribution is 5.66. The fourth-order valence-corrected chi connectivity index (χ4v) is 2.98. The van der Waals surface area contributed by atoms with E-state index in [0.29, 0.717) is 18.4 Å². The highest BCUT2D eigenvalue weighted by Crippen LogP contribution is 2.26. The molecule has 1 fully saturated rings. The van der Waals surface area contributed by atoms with Crippen LogP contribution in [0.15, 0.2) is 0 Å². The Labute approximate surface area is 117 Å². The van der Waals surface area contributed by atoms with Gasteiger partial charge in [0.1, 0.15) is 0 Å². The number of likely N-dealkylation sites (tertiary alicyclic amines) is 1. The maximum atomic E-state index is 10.7. The van der Waals surface area contributed by atoms with Crippen LogP contribution in [0.3, 0.4) is 0 Å². The maximum Gasteiger partial charge on any atom is 0.303 e. The molecule has 19 heavy (non-hydrogen) atoms. The summed E-state index contributed by atoms with van der Waals surface area (Å²) in [5.41, 5.74) is -0.0899. The van der Waals surface area contributed by atoms with Gasteiger partial charge >= 0.3 is 5.97 Å². The lowest BCUT2D eigenvalue weighted by atomic mass is 9.90. The molecular weight excluding hydrogens is 242 g/mol. The summed E-state index contributed by atoms with van der Waals surface area (Å²) < 4.78 is 5.50. The number of rotatable bonds is 7. The normalized spacial score (nSPS) is 23.3. The Morgan fingerprint density at radius 1 is 1.53 bits per heavy atom. The second-order valence-electron chi connectivity index (χ2n) is 6.45. The number of piperidine rings is 1. The summed E-state index contributed by atoms with van der Waals surface area (Å²) in [6.45, 7) is 8.66. The molecule has 112 valence electrons. The van der Waals surface area contributed by atoms with Gasteiger partial charge < -0.3 is 14.7 Å². The molecule has 2 unspecified atom stereocenters. The Hall–Kier alpha value is -0.610. The summed E-state index contributed by atoms with van der Waals surface area (Å²) in [7, 11) is 1.76. The number of nitrogens with zero attached hydrogens (tertiary/aromatic N) is 1. The van der Waals surface area contributed by atoms with E-state index in [1.807, 2.05) is 0 Å². The molecule has 0 spiro atoms. The minimum absolute atomic E-state index is 0.0899. The van der Waals surface area contributed by atoms with Crippen LogP contribution in [0.4, 0.5) is 0 Å². The molecule has 1 aliphatic rings. The zero-order valence-corrected chi connectivity index (χ0v) is 12.8. The van der Waals surface area contributed by atoms with E-state index in [4.69, 9.17) is 9.84 Å². The van der Waals surface area contributed by atoms with Crippen molar-refractivity contribution in [3.05, 3.63) is 0 Å². The quantitative estimate of drug-likeness (QED) is 0.773. The number of aliphatic carboxylic acids is 1. The number of hydrogen-bond donors (Lipinski definition) is 1. The van der Waals surface area contributed by atoms with E-state index in [9.17, 15) is 4.79 Å². The topological polar surface area (TPSA) is 49.8 Å². The van der Waals surface area contributed by atoms with Crippen molar-refractivity contribution in [1.29, 1.82) is 0 Å². The van der Waals surface area contributed by atoms with E-state index >= 15 is 0 Å². The number of carbonyl (C=O) groups is 1. The summed E-state index contributed by atoms with van der Waals surface area (Å²) >= 11 is 0. The molecule has 1 aliphatic heterocycles. The van der Waals surface area contributed by atoms with Gasteiger partial charge in [0.05, 0.1) is 5.60 Å². The van der Waals surface area contributed by atoms with Crippen LogP contribution in [-0.4, -0.2) is 47.8 Å². The lowest BCUT2D eigenvalue weighted by Gasteiger charge is -2.39. The number of carboxylic acid groups (broad SMARTS) is 1. The molecule has 0 aromatic carbocycles. The van der Waals surface area contributed by atoms with Crippen LogP contribution >= 0.6 is 0 Å². The van der Waals surface area contributed by atoms with Crippen LogP contribution < -0.4 is 0 Å². The van der Waals surface area contributed by atoms with Crippen LogP contribution in [0.5, 0.6) is 0 Å². The molecule has 2 atom stereocenters. The van der Waals surface area contributed by atoms with Gasteiger partial charge in [-0.25, -0.2) is 0 Å². The summed E-state index contributed by atoms with van der Waals surface area (Å²) in [6.07, 6.45) is 4.48. The molecule has 4 heteroatoms. The van der Waals surface area contributed by atoms with Gasteiger partial charge in [-0.05, 0) is 58.9 Å². The highest BCUT2D eigenvalue weighted by atomic mass is 16.5. The highest BCUT2D eigenvalue weighted by Gasteiger charge is 2.28. The van der Waals surface area contributed by atoms with Crippen LogP contribution in [0, 0.1) is 5.92 Å². The van der Waals surface area contributed by atoms with E-state index in [0.717, 1.165) is 25.9 Å². The SMILES string of the molecule is COC(C)(C)CC(C)N1CCCC(CCC(=O)O)C1. The fourth-order valence-electron chi connectivity index (χ4n) is 2.98. The van der Waals surface area contributed by atoms with E-state index in [-0.39, 0.29) is 5.60 Å². The Balaban J connectivity index is 2.43. The Bertz CT molecular complexity index is 291. The second kappa shape index (κ2) is 7.25. The van der Waals surface area contributed by atoms with Crippen LogP contribution in [0.2, 0.25) is 0 Å². The van der Waals surface area contributed by atoms with Crippen LogP contribution in [-0.2, 0) is 9.53 Å². The van der Waals surface area contributed by atoms with Gasteiger partial charge in [-0.2, -0.15) is 0 Å². The molecule has 0 amide bonds. The van der Waals surface area contributed by atoms with Crippen molar-refractivity contribution in [2.45, 2.75) is 64.5 Å². The van der Waals surface area contributed by atoms with Crippen LogP contribution in [0.25, 0.3) is 0 Å². The number of ether oxygens (including phenoxy) is 1. The predicted molar refractivity (Wildman–Crippen MR) is 76.3 cm³/mol. The molecule has 1 N–H and O–H groups in total. The fraction of sp³-hybridized carbons (Fsp3) is 0.933. The first-order chi connectivity index (χ1) is 8.84. The number of hydrogen-bond acceptors (Lipinski definition) is 3. The zero-order chi connectivity index (χ0) is 14.5. The van der Waals surface area contributed by atoms with Crippen LogP contribution in [0.1, 0.15) is 52.9 Å². The van der Waals surface area contributed by atoms with Crippen molar-refractivity contribution in [2.75, 3.05) is 20.2 Å². The molecule has 0 saturated carbocycles. The first-order valence-corrected chi connectivity index (χ1v) is 7.35. The summed E-state index contributed by atoms with van der Waals surface area (Å²) in [4.78, 5) is 13.2. The summed E-state index contributed by atoms with van der Waals surface area (Å²) in [6, 6.07) is 0.488. The molecule has 0 aliphatic carbocycles. The van der Waals surface area contributed by atoms with Crippen molar-refractivity contribution in [2.24, 2.45) is 5.92 Å². The van der Waals surface area contributed by atoms with Gasteiger partial charge in [-0.15, -0.1) is 0 Å². The summed E-state index contributed by atoms with van der Waals surface area (Å²) in [5.74, 6) is -0.136. The van der Waals surface area contributed by atoms with Crippen molar-refractivity contribution in [3.63, 3.8) is 0 Å².